The molecule has 1 heterocycles. The topological polar surface area (TPSA) is 73.1 Å². The number of hydrogen-bond acceptors (Lipinski definition) is 5. The average molecular weight is 524 g/mol. The number of benzene rings is 2. The van der Waals surface area contributed by atoms with Crippen molar-refractivity contribution in [2.24, 2.45) is 5.10 Å². The maximum Gasteiger partial charge on any atom is 0.307 e. The van der Waals surface area contributed by atoms with Crippen LogP contribution in [0.25, 0.3) is 11.0 Å². The van der Waals surface area contributed by atoms with E-state index in [0.717, 1.165) is 26.3 Å². The van der Waals surface area contributed by atoms with Crippen LogP contribution < -0.4 is 14.9 Å². The Kier molecular flexibility index (Phi) is 6.97. The fourth-order valence-electron chi connectivity index (χ4n) is 2.56. The second-order valence-electron chi connectivity index (χ2n) is 6.36. The number of rotatable bonds is 7. The Bertz CT molecular complexity index is 1060. The highest BCUT2D eigenvalue weighted by molar-refractivity contribution is 9.10. The van der Waals surface area contributed by atoms with Gasteiger partial charge in [-0.25, -0.2) is 5.43 Å². The first kappa shape index (κ1) is 21.4. The van der Waals surface area contributed by atoms with Gasteiger partial charge in [0.15, 0.2) is 17.3 Å². The molecule has 0 aliphatic carbocycles. The lowest BCUT2D eigenvalue weighted by Gasteiger charge is -2.17. The van der Waals surface area contributed by atoms with E-state index in [-0.39, 0.29) is 11.9 Å². The molecule has 1 amide bonds. The van der Waals surface area contributed by atoms with Gasteiger partial charge < -0.3 is 13.9 Å². The highest BCUT2D eigenvalue weighted by Crippen LogP contribution is 2.37. The summed E-state index contributed by atoms with van der Waals surface area (Å²) < 4.78 is 18.5. The van der Waals surface area contributed by atoms with Crippen molar-refractivity contribution in [1.29, 1.82) is 0 Å². The van der Waals surface area contributed by atoms with E-state index in [9.17, 15) is 4.79 Å². The van der Waals surface area contributed by atoms with Gasteiger partial charge in [0.1, 0.15) is 5.58 Å². The SMILES string of the molecule is CC[C@H](C)Oc1c(Br)cc(/C=N/NC(=O)c2cc3cc(Br)ccc3o2)cc1OC. The van der Waals surface area contributed by atoms with Crippen molar-refractivity contribution in [2.45, 2.75) is 26.4 Å². The Balaban J connectivity index is 1.73. The van der Waals surface area contributed by atoms with Crippen LogP contribution in [0.1, 0.15) is 36.4 Å². The summed E-state index contributed by atoms with van der Waals surface area (Å²) in [4.78, 5) is 12.3. The van der Waals surface area contributed by atoms with Gasteiger partial charge in [0.25, 0.3) is 0 Å². The van der Waals surface area contributed by atoms with Crippen molar-refractivity contribution in [3.05, 3.63) is 56.7 Å². The van der Waals surface area contributed by atoms with Crippen LogP contribution in [0.5, 0.6) is 11.5 Å². The van der Waals surface area contributed by atoms with Gasteiger partial charge in [0.05, 0.1) is 23.9 Å². The minimum Gasteiger partial charge on any atom is -0.493 e. The molecule has 0 saturated carbocycles. The molecule has 152 valence electrons. The van der Waals surface area contributed by atoms with Gasteiger partial charge in [0, 0.05) is 9.86 Å². The molecule has 0 saturated heterocycles. The Morgan fingerprint density at radius 3 is 2.79 bits per heavy atom. The van der Waals surface area contributed by atoms with E-state index in [1.165, 1.54) is 6.21 Å². The van der Waals surface area contributed by atoms with Crippen LogP contribution in [0.4, 0.5) is 0 Å². The summed E-state index contributed by atoms with van der Waals surface area (Å²) in [6, 6.07) is 10.8. The maximum absolute atomic E-state index is 12.3. The van der Waals surface area contributed by atoms with Crippen LogP contribution in [-0.4, -0.2) is 25.3 Å². The zero-order valence-electron chi connectivity index (χ0n) is 16.2. The number of nitrogens with zero attached hydrogens (tertiary/aromatic N) is 1. The van der Waals surface area contributed by atoms with E-state index < -0.39 is 5.91 Å². The van der Waals surface area contributed by atoms with Gasteiger partial charge in [-0.2, -0.15) is 5.10 Å². The number of carbonyl (C=O) groups excluding carboxylic acids is 1. The van der Waals surface area contributed by atoms with E-state index in [1.54, 1.807) is 25.3 Å². The standard InChI is InChI=1S/C21H20Br2N2O4/c1-4-12(2)28-20-16(23)7-13(8-18(20)27-3)11-24-25-21(26)19-10-14-9-15(22)5-6-17(14)29-19/h5-12H,4H2,1-3H3,(H,25,26)/b24-11+/t12-/m0/s1. The van der Waals surface area contributed by atoms with Crippen molar-refractivity contribution >= 4 is 55.0 Å². The van der Waals surface area contributed by atoms with Crippen molar-refractivity contribution < 1.29 is 18.7 Å². The maximum atomic E-state index is 12.3. The molecule has 8 heteroatoms. The largest absolute Gasteiger partial charge is 0.493 e. The van der Waals surface area contributed by atoms with Gasteiger partial charge in [-0.05, 0) is 71.2 Å². The molecule has 0 aliphatic heterocycles. The number of hydrogen-bond donors (Lipinski definition) is 1. The van der Waals surface area contributed by atoms with Gasteiger partial charge >= 0.3 is 5.91 Å². The van der Waals surface area contributed by atoms with Crippen molar-refractivity contribution in [3.63, 3.8) is 0 Å². The Hall–Kier alpha value is -2.32. The third kappa shape index (κ3) is 5.19. The van der Waals surface area contributed by atoms with Crippen LogP contribution >= 0.6 is 31.9 Å². The molecule has 0 bridgehead atoms. The predicted molar refractivity (Wildman–Crippen MR) is 120 cm³/mol. The number of methoxy groups -OCH3 is 1. The normalized spacial score (nSPS) is 12.3. The quantitative estimate of drug-likeness (QED) is 0.308. The Morgan fingerprint density at radius 2 is 2.07 bits per heavy atom. The first-order chi connectivity index (χ1) is 13.9. The number of furan rings is 1. The average Bonchev–Trinajstić information content (AvgIpc) is 3.12. The molecule has 0 aliphatic rings. The van der Waals surface area contributed by atoms with E-state index >= 15 is 0 Å². The molecule has 3 rings (SSSR count). The summed E-state index contributed by atoms with van der Waals surface area (Å²) in [6.07, 6.45) is 2.46. The van der Waals surface area contributed by atoms with Crippen molar-refractivity contribution in [3.8, 4) is 11.5 Å². The highest BCUT2D eigenvalue weighted by Gasteiger charge is 2.14. The summed E-state index contributed by atoms with van der Waals surface area (Å²) in [6.45, 7) is 4.04. The molecule has 1 N–H and O–H groups in total. The summed E-state index contributed by atoms with van der Waals surface area (Å²) in [7, 11) is 1.58. The van der Waals surface area contributed by atoms with E-state index in [1.807, 2.05) is 25.1 Å². The monoisotopic (exact) mass is 522 g/mol. The zero-order chi connectivity index (χ0) is 21.0. The van der Waals surface area contributed by atoms with Gasteiger partial charge in [-0.1, -0.05) is 22.9 Å². The smallest absolute Gasteiger partial charge is 0.307 e. The lowest BCUT2D eigenvalue weighted by atomic mass is 10.2. The number of ether oxygens (including phenoxy) is 2. The molecular formula is C21H20Br2N2O4. The first-order valence-electron chi connectivity index (χ1n) is 8.98. The second kappa shape index (κ2) is 9.45. The molecule has 1 atom stereocenters. The summed E-state index contributed by atoms with van der Waals surface area (Å²) in [5.41, 5.74) is 3.84. The molecule has 0 unspecified atom stereocenters. The number of fused-ring (bicyclic) bond motifs is 1. The molecule has 1 aromatic heterocycles. The fraction of sp³-hybridized carbons (Fsp3) is 0.238. The zero-order valence-corrected chi connectivity index (χ0v) is 19.3. The van der Waals surface area contributed by atoms with Crippen molar-refractivity contribution in [2.75, 3.05) is 7.11 Å². The van der Waals surface area contributed by atoms with E-state index in [2.05, 4.69) is 49.3 Å². The highest BCUT2D eigenvalue weighted by atomic mass is 79.9. The van der Waals surface area contributed by atoms with Gasteiger partial charge in [-0.15, -0.1) is 0 Å². The lowest BCUT2D eigenvalue weighted by Crippen LogP contribution is -2.16. The molecular weight excluding hydrogens is 504 g/mol. The van der Waals surface area contributed by atoms with Gasteiger partial charge in [-0.3, -0.25) is 4.79 Å². The lowest BCUT2D eigenvalue weighted by molar-refractivity contribution is 0.0929. The van der Waals surface area contributed by atoms with Crippen LogP contribution in [0.15, 0.2) is 54.9 Å². The summed E-state index contributed by atoms with van der Waals surface area (Å²) in [5, 5.41) is 4.85. The van der Waals surface area contributed by atoms with E-state index in [4.69, 9.17) is 13.9 Å². The van der Waals surface area contributed by atoms with Crippen molar-refractivity contribution in [1.82, 2.24) is 5.43 Å². The fourth-order valence-corrected chi connectivity index (χ4v) is 3.49. The van der Waals surface area contributed by atoms with Crippen LogP contribution in [-0.2, 0) is 0 Å². The van der Waals surface area contributed by atoms with Crippen LogP contribution in [0.3, 0.4) is 0 Å². The molecule has 3 aromatic rings. The minimum atomic E-state index is -0.434. The number of halogens is 2. The molecule has 0 fully saturated rings. The molecule has 29 heavy (non-hydrogen) atoms. The Morgan fingerprint density at radius 1 is 1.28 bits per heavy atom. The number of nitrogens with one attached hydrogen (secondary N) is 1. The summed E-state index contributed by atoms with van der Waals surface area (Å²) in [5.74, 6) is 0.967. The minimum absolute atomic E-state index is 0.0587. The third-order valence-corrected chi connectivity index (χ3v) is 5.31. The molecule has 0 radical (unpaired) electrons. The van der Waals surface area contributed by atoms with Crippen LogP contribution in [0.2, 0.25) is 0 Å². The predicted octanol–water partition coefficient (Wildman–Crippen LogP) is 5.91. The second-order valence-corrected chi connectivity index (χ2v) is 8.13. The molecule has 6 nitrogen and oxygen atoms in total. The molecule has 2 aromatic carbocycles. The number of amides is 1. The van der Waals surface area contributed by atoms with Crippen LogP contribution in [0, 0.1) is 0 Å². The number of carbonyl (C=O) groups is 1. The Labute approximate surface area is 185 Å². The first-order valence-corrected chi connectivity index (χ1v) is 10.6. The molecule has 0 spiro atoms. The van der Waals surface area contributed by atoms with Gasteiger partial charge in [0.2, 0.25) is 0 Å². The number of hydrazone groups is 1. The third-order valence-electron chi connectivity index (χ3n) is 4.23. The summed E-state index contributed by atoms with van der Waals surface area (Å²) >= 11 is 6.90. The van der Waals surface area contributed by atoms with E-state index in [0.29, 0.717) is 17.1 Å².